The largest absolute Gasteiger partial charge is 0.496 e. The normalized spacial score (nSPS) is 24.9. The van der Waals surface area contributed by atoms with Crippen molar-refractivity contribution in [1.82, 2.24) is 9.62 Å². The van der Waals surface area contributed by atoms with Gasteiger partial charge in [0.2, 0.25) is 10.0 Å². The Hall–Kier alpha value is -1.63. The fourth-order valence-corrected chi connectivity index (χ4v) is 5.54. The van der Waals surface area contributed by atoms with E-state index in [1.54, 1.807) is 23.5 Å². The van der Waals surface area contributed by atoms with Gasteiger partial charge in [-0.15, -0.1) is 0 Å². The van der Waals surface area contributed by atoms with Crippen LogP contribution in [-0.4, -0.2) is 46.0 Å². The van der Waals surface area contributed by atoms with Crippen LogP contribution in [0.2, 0.25) is 0 Å². The van der Waals surface area contributed by atoms with E-state index in [4.69, 9.17) is 4.74 Å². The van der Waals surface area contributed by atoms with Crippen LogP contribution >= 0.6 is 0 Å². The monoisotopic (exact) mass is 332 g/mol. The van der Waals surface area contributed by atoms with Crippen LogP contribution in [0.15, 0.2) is 41.3 Å². The average Bonchev–Trinajstić information content (AvgIpc) is 3.15. The van der Waals surface area contributed by atoms with Gasteiger partial charge in [-0.2, -0.15) is 4.31 Å². The number of nitrogens with zero attached hydrogens (tertiary/aromatic N) is 1. The minimum atomic E-state index is -3.48. The first-order chi connectivity index (χ1) is 11.1. The number of fused-ring (bicyclic) bond motifs is 2. The molecule has 0 spiro atoms. The molecule has 2 aliphatic rings. The van der Waals surface area contributed by atoms with E-state index < -0.39 is 10.0 Å². The summed E-state index contributed by atoms with van der Waals surface area (Å²) in [5, 5.41) is 4.90. The Labute approximate surface area is 136 Å². The van der Waals surface area contributed by atoms with Gasteiger partial charge in [-0.25, -0.2) is 8.42 Å². The third-order valence-corrected chi connectivity index (χ3v) is 6.93. The van der Waals surface area contributed by atoms with E-state index in [1.165, 1.54) is 0 Å². The van der Waals surface area contributed by atoms with Gasteiger partial charge in [0.1, 0.15) is 5.75 Å². The molecule has 0 saturated carbocycles. The fourth-order valence-electron chi connectivity index (χ4n) is 3.79. The van der Waals surface area contributed by atoms with Crippen LogP contribution in [0.1, 0.15) is 0 Å². The quantitative estimate of drug-likeness (QED) is 0.929. The van der Waals surface area contributed by atoms with Gasteiger partial charge < -0.3 is 10.1 Å². The van der Waals surface area contributed by atoms with Gasteiger partial charge >= 0.3 is 0 Å². The molecule has 2 fully saturated rings. The zero-order valence-electron chi connectivity index (χ0n) is 13.0. The molecule has 2 saturated heterocycles. The predicted molar refractivity (Wildman–Crippen MR) is 89.1 cm³/mol. The Bertz CT molecular complexity index is 838. The number of hydrogen-bond donors (Lipinski definition) is 1. The minimum Gasteiger partial charge on any atom is -0.496 e. The standard InChI is InChI=1S/C17H20N2O3S/c1-22-16-6-7-17(15-5-3-2-4-14(15)16)23(20,21)19-10-12-8-18-9-13(12)11-19/h2-7,12-13,18H,8-11H2,1H3/t12-,13+. The molecule has 23 heavy (non-hydrogen) atoms. The molecule has 5 nitrogen and oxygen atoms in total. The van der Waals surface area contributed by atoms with E-state index in [9.17, 15) is 8.42 Å². The van der Waals surface area contributed by atoms with Gasteiger partial charge in [0.15, 0.2) is 0 Å². The number of benzene rings is 2. The molecule has 0 unspecified atom stereocenters. The van der Waals surface area contributed by atoms with Gasteiger partial charge in [0, 0.05) is 23.9 Å². The van der Waals surface area contributed by atoms with Gasteiger partial charge in [0.25, 0.3) is 0 Å². The molecule has 4 rings (SSSR count). The highest BCUT2D eigenvalue weighted by Crippen LogP contribution is 2.35. The molecule has 0 aliphatic carbocycles. The van der Waals surface area contributed by atoms with Crippen molar-refractivity contribution in [2.24, 2.45) is 11.8 Å². The molecule has 2 heterocycles. The highest BCUT2D eigenvalue weighted by Gasteiger charge is 2.41. The van der Waals surface area contributed by atoms with E-state index in [0.29, 0.717) is 35.6 Å². The third-order valence-electron chi connectivity index (χ3n) is 5.04. The summed E-state index contributed by atoms with van der Waals surface area (Å²) < 4.78 is 33.3. The van der Waals surface area contributed by atoms with Crippen molar-refractivity contribution in [2.75, 3.05) is 33.3 Å². The van der Waals surface area contributed by atoms with E-state index in [2.05, 4.69) is 5.32 Å². The summed E-state index contributed by atoms with van der Waals surface area (Å²) in [6.45, 7) is 3.06. The SMILES string of the molecule is COc1ccc(S(=O)(=O)N2C[C@H]3CNC[C@H]3C2)c2ccccc12. The molecular weight excluding hydrogens is 312 g/mol. The Kier molecular flexibility index (Phi) is 3.55. The van der Waals surface area contributed by atoms with Crippen molar-refractivity contribution in [1.29, 1.82) is 0 Å². The van der Waals surface area contributed by atoms with Crippen LogP contribution in [0.5, 0.6) is 5.75 Å². The molecule has 2 aromatic carbocycles. The summed E-state index contributed by atoms with van der Waals surface area (Å²) in [4.78, 5) is 0.377. The highest BCUT2D eigenvalue weighted by atomic mass is 32.2. The van der Waals surface area contributed by atoms with Crippen LogP contribution in [0.4, 0.5) is 0 Å². The first-order valence-corrected chi connectivity index (χ1v) is 9.32. The number of ether oxygens (including phenoxy) is 1. The Balaban J connectivity index is 1.79. The van der Waals surface area contributed by atoms with Crippen LogP contribution in [0.3, 0.4) is 0 Å². The second kappa shape index (κ2) is 5.47. The summed E-state index contributed by atoms with van der Waals surface area (Å²) in [5.41, 5.74) is 0. The van der Waals surface area contributed by atoms with Gasteiger partial charge in [0.05, 0.1) is 12.0 Å². The topological polar surface area (TPSA) is 58.6 Å². The maximum Gasteiger partial charge on any atom is 0.243 e. The first-order valence-electron chi connectivity index (χ1n) is 7.88. The Morgan fingerprint density at radius 1 is 1.04 bits per heavy atom. The molecule has 1 N–H and O–H groups in total. The minimum absolute atomic E-state index is 0.377. The molecule has 0 amide bonds. The molecule has 0 aromatic heterocycles. The number of sulfonamides is 1. The smallest absolute Gasteiger partial charge is 0.243 e. The van der Waals surface area contributed by atoms with E-state index in [-0.39, 0.29) is 0 Å². The van der Waals surface area contributed by atoms with Crippen molar-refractivity contribution in [3.63, 3.8) is 0 Å². The van der Waals surface area contributed by atoms with Crippen LogP contribution in [0.25, 0.3) is 10.8 Å². The lowest BCUT2D eigenvalue weighted by molar-refractivity contribution is 0.419. The molecule has 0 radical (unpaired) electrons. The van der Waals surface area contributed by atoms with Crippen molar-refractivity contribution >= 4 is 20.8 Å². The second-order valence-electron chi connectivity index (χ2n) is 6.31. The van der Waals surface area contributed by atoms with Crippen molar-refractivity contribution < 1.29 is 13.2 Å². The molecule has 6 heteroatoms. The number of nitrogens with one attached hydrogen (secondary N) is 1. The lowest BCUT2D eigenvalue weighted by atomic mass is 10.0. The van der Waals surface area contributed by atoms with Crippen molar-refractivity contribution in [3.8, 4) is 5.75 Å². The maximum atomic E-state index is 13.1. The number of rotatable bonds is 3. The molecule has 2 aromatic rings. The number of methoxy groups -OCH3 is 1. The van der Waals surface area contributed by atoms with Gasteiger partial charge in [-0.1, -0.05) is 24.3 Å². The molecular formula is C17H20N2O3S. The second-order valence-corrected chi connectivity index (χ2v) is 8.22. The Morgan fingerprint density at radius 3 is 2.35 bits per heavy atom. The summed E-state index contributed by atoms with van der Waals surface area (Å²) in [5.74, 6) is 1.57. The first kappa shape index (κ1) is 14.9. The fraction of sp³-hybridized carbons (Fsp3) is 0.412. The van der Waals surface area contributed by atoms with Crippen LogP contribution in [0, 0.1) is 11.8 Å². The molecule has 2 atom stereocenters. The highest BCUT2D eigenvalue weighted by molar-refractivity contribution is 7.89. The predicted octanol–water partition coefficient (Wildman–Crippen LogP) is 1.69. The summed E-state index contributed by atoms with van der Waals surface area (Å²) in [7, 11) is -1.88. The van der Waals surface area contributed by atoms with Gasteiger partial charge in [-0.3, -0.25) is 0 Å². The van der Waals surface area contributed by atoms with Crippen molar-refractivity contribution in [3.05, 3.63) is 36.4 Å². The van der Waals surface area contributed by atoms with E-state index in [1.807, 2.05) is 24.3 Å². The lowest BCUT2D eigenvalue weighted by Gasteiger charge is -2.19. The zero-order valence-corrected chi connectivity index (χ0v) is 13.8. The van der Waals surface area contributed by atoms with E-state index in [0.717, 1.165) is 23.9 Å². The van der Waals surface area contributed by atoms with Crippen molar-refractivity contribution in [2.45, 2.75) is 4.90 Å². The molecule has 122 valence electrons. The average molecular weight is 332 g/mol. The summed E-state index contributed by atoms with van der Waals surface area (Å²) in [6.07, 6.45) is 0. The molecule has 0 bridgehead atoms. The summed E-state index contributed by atoms with van der Waals surface area (Å²) >= 11 is 0. The molecule has 2 aliphatic heterocycles. The Morgan fingerprint density at radius 2 is 1.70 bits per heavy atom. The van der Waals surface area contributed by atoms with Gasteiger partial charge in [-0.05, 0) is 37.1 Å². The maximum absolute atomic E-state index is 13.1. The third kappa shape index (κ3) is 2.33. The van der Waals surface area contributed by atoms with Crippen LogP contribution in [-0.2, 0) is 10.0 Å². The number of hydrogen-bond acceptors (Lipinski definition) is 4. The zero-order chi connectivity index (χ0) is 16.0. The lowest BCUT2D eigenvalue weighted by Crippen LogP contribution is -2.32. The van der Waals surface area contributed by atoms with E-state index >= 15 is 0 Å². The summed E-state index contributed by atoms with van der Waals surface area (Å²) in [6, 6.07) is 10.9. The van der Waals surface area contributed by atoms with Crippen LogP contribution < -0.4 is 10.1 Å².